The van der Waals surface area contributed by atoms with Gasteiger partial charge in [-0.05, 0) is 37.8 Å². The third-order valence-corrected chi connectivity index (χ3v) is 4.55. The fourth-order valence-electron chi connectivity index (χ4n) is 2.15. The number of hydrogen-bond donors (Lipinski definition) is 0. The molecule has 0 saturated heterocycles. The molecule has 4 nitrogen and oxygen atoms in total. The van der Waals surface area contributed by atoms with Crippen LogP contribution in [0.5, 0.6) is 0 Å². The lowest BCUT2D eigenvalue weighted by Gasteiger charge is -2.23. The summed E-state index contributed by atoms with van der Waals surface area (Å²) in [5, 5.41) is 2.55. The minimum atomic E-state index is -0.00606. The van der Waals surface area contributed by atoms with Gasteiger partial charge in [-0.3, -0.25) is 4.79 Å². The largest absolute Gasteiger partial charge is 0.462 e. The van der Waals surface area contributed by atoms with E-state index in [4.69, 9.17) is 4.42 Å². The molecule has 2 heterocycles. The predicted octanol–water partition coefficient (Wildman–Crippen LogP) is 3.27. The lowest BCUT2D eigenvalue weighted by molar-refractivity contribution is 0.0722. The van der Waals surface area contributed by atoms with E-state index in [1.54, 1.807) is 16.5 Å². The molecule has 1 saturated carbocycles. The number of carbonyl (C=O) groups is 1. The first-order chi connectivity index (χ1) is 9.16. The highest BCUT2D eigenvalue weighted by Gasteiger charge is 2.33. The Morgan fingerprint density at radius 1 is 1.58 bits per heavy atom. The van der Waals surface area contributed by atoms with E-state index in [0.717, 1.165) is 5.01 Å². The van der Waals surface area contributed by atoms with E-state index in [1.807, 2.05) is 19.2 Å². The van der Waals surface area contributed by atoms with Gasteiger partial charge in [0.1, 0.15) is 5.69 Å². The first-order valence-corrected chi connectivity index (χ1v) is 7.31. The Hall–Kier alpha value is -1.62. The van der Waals surface area contributed by atoms with Crippen molar-refractivity contribution in [2.45, 2.75) is 25.8 Å². The molecule has 1 fully saturated rings. The van der Waals surface area contributed by atoms with Gasteiger partial charge in [0.25, 0.3) is 5.91 Å². The smallest absolute Gasteiger partial charge is 0.273 e. The number of amides is 1. The Kier molecular flexibility index (Phi) is 3.14. The van der Waals surface area contributed by atoms with Crippen LogP contribution in [0.2, 0.25) is 0 Å². The number of thiazole rings is 1. The van der Waals surface area contributed by atoms with Crippen LogP contribution < -0.4 is 0 Å². The third-order valence-electron chi connectivity index (χ3n) is 3.69. The van der Waals surface area contributed by atoms with Gasteiger partial charge < -0.3 is 9.32 Å². The van der Waals surface area contributed by atoms with E-state index < -0.39 is 0 Å². The maximum atomic E-state index is 12.3. The standard InChI is InChI=1S/C14H16N2O2S/c1-9(10-5-6-10)16(2)14(17)11-8-19-13(15-11)12-4-3-7-18-12/h3-4,7-10H,5-6H2,1-2H3. The average Bonchev–Trinajstić information content (AvgIpc) is 2.94. The van der Waals surface area contributed by atoms with Crippen molar-refractivity contribution >= 4 is 17.2 Å². The molecular formula is C14H16N2O2S. The zero-order chi connectivity index (χ0) is 13.4. The monoisotopic (exact) mass is 276 g/mol. The second kappa shape index (κ2) is 4.81. The fraction of sp³-hybridized carbons (Fsp3) is 0.429. The molecule has 2 aromatic heterocycles. The van der Waals surface area contributed by atoms with Crippen molar-refractivity contribution in [1.29, 1.82) is 0 Å². The molecule has 0 aliphatic heterocycles. The van der Waals surface area contributed by atoms with Crippen LogP contribution in [0.25, 0.3) is 10.8 Å². The van der Waals surface area contributed by atoms with Crippen molar-refractivity contribution in [3.05, 3.63) is 29.5 Å². The van der Waals surface area contributed by atoms with E-state index in [2.05, 4.69) is 11.9 Å². The van der Waals surface area contributed by atoms with Crippen LogP contribution >= 0.6 is 11.3 Å². The van der Waals surface area contributed by atoms with Crippen molar-refractivity contribution in [2.75, 3.05) is 7.05 Å². The summed E-state index contributed by atoms with van der Waals surface area (Å²) in [6.45, 7) is 2.11. The van der Waals surface area contributed by atoms with Gasteiger partial charge in [0.05, 0.1) is 6.26 Å². The molecule has 0 aromatic carbocycles. The maximum absolute atomic E-state index is 12.3. The molecule has 0 radical (unpaired) electrons. The van der Waals surface area contributed by atoms with Crippen molar-refractivity contribution < 1.29 is 9.21 Å². The van der Waals surface area contributed by atoms with Crippen LogP contribution in [-0.4, -0.2) is 28.9 Å². The summed E-state index contributed by atoms with van der Waals surface area (Å²) in [5.41, 5.74) is 0.506. The molecule has 2 aromatic rings. The number of rotatable bonds is 4. The summed E-state index contributed by atoms with van der Waals surface area (Å²) in [6.07, 6.45) is 4.07. The molecule has 1 unspecified atom stereocenters. The molecule has 100 valence electrons. The minimum absolute atomic E-state index is 0.00606. The normalized spacial score (nSPS) is 16.3. The van der Waals surface area contributed by atoms with E-state index >= 15 is 0 Å². The molecule has 3 rings (SSSR count). The van der Waals surface area contributed by atoms with E-state index in [9.17, 15) is 4.79 Å². The Morgan fingerprint density at radius 3 is 3.00 bits per heavy atom. The van der Waals surface area contributed by atoms with Crippen LogP contribution in [0.3, 0.4) is 0 Å². The first kappa shape index (κ1) is 12.4. The van der Waals surface area contributed by atoms with Gasteiger partial charge >= 0.3 is 0 Å². The molecule has 1 aliphatic rings. The van der Waals surface area contributed by atoms with Gasteiger partial charge in [-0.2, -0.15) is 0 Å². The molecule has 5 heteroatoms. The summed E-state index contributed by atoms with van der Waals surface area (Å²) < 4.78 is 5.29. The molecule has 19 heavy (non-hydrogen) atoms. The second-order valence-corrected chi connectivity index (χ2v) is 5.87. The topological polar surface area (TPSA) is 46.3 Å². The van der Waals surface area contributed by atoms with E-state index in [1.165, 1.54) is 24.2 Å². The zero-order valence-electron chi connectivity index (χ0n) is 11.0. The Balaban J connectivity index is 1.76. The molecule has 0 bridgehead atoms. The second-order valence-electron chi connectivity index (χ2n) is 5.01. The van der Waals surface area contributed by atoms with Gasteiger partial charge in [0.15, 0.2) is 10.8 Å². The molecular weight excluding hydrogens is 260 g/mol. The van der Waals surface area contributed by atoms with Gasteiger partial charge in [0.2, 0.25) is 0 Å². The first-order valence-electron chi connectivity index (χ1n) is 6.43. The number of carbonyl (C=O) groups excluding carboxylic acids is 1. The molecule has 1 aliphatic carbocycles. The highest BCUT2D eigenvalue weighted by Crippen LogP contribution is 2.35. The predicted molar refractivity (Wildman–Crippen MR) is 74.1 cm³/mol. The fourth-order valence-corrected chi connectivity index (χ4v) is 2.91. The number of hydrogen-bond acceptors (Lipinski definition) is 4. The highest BCUT2D eigenvalue weighted by atomic mass is 32.1. The van der Waals surface area contributed by atoms with Crippen molar-refractivity contribution in [3.63, 3.8) is 0 Å². The zero-order valence-corrected chi connectivity index (χ0v) is 11.8. The van der Waals surface area contributed by atoms with Crippen molar-refractivity contribution in [1.82, 2.24) is 9.88 Å². The minimum Gasteiger partial charge on any atom is -0.462 e. The number of nitrogens with zero attached hydrogens (tertiary/aromatic N) is 2. The third kappa shape index (κ3) is 2.42. The number of aromatic nitrogens is 1. The molecule has 0 spiro atoms. The van der Waals surface area contributed by atoms with E-state index in [-0.39, 0.29) is 5.91 Å². The summed E-state index contributed by atoms with van der Waals surface area (Å²) in [5.74, 6) is 1.37. The van der Waals surface area contributed by atoms with E-state index in [0.29, 0.717) is 23.4 Å². The molecule has 1 atom stereocenters. The van der Waals surface area contributed by atoms with Gasteiger partial charge in [-0.15, -0.1) is 11.3 Å². The quantitative estimate of drug-likeness (QED) is 0.861. The van der Waals surface area contributed by atoms with Crippen LogP contribution in [-0.2, 0) is 0 Å². The summed E-state index contributed by atoms with van der Waals surface area (Å²) in [4.78, 5) is 18.5. The molecule has 1 amide bonds. The Labute approximate surface area is 116 Å². The van der Waals surface area contributed by atoms with Crippen LogP contribution in [0.15, 0.2) is 28.2 Å². The highest BCUT2D eigenvalue weighted by molar-refractivity contribution is 7.13. The molecule has 0 N–H and O–H groups in total. The lowest BCUT2D eigenvalue weighted by atomic mass is 10.2. The summed E-state index contributed by atoms with van der Waals surface area (Å²) in [6, 6.07) is 3.96. The maximum Gasteiger partial charge on any atom is 0.273 e. The summed E-state index contributed by atoms with van der Waals surface area (Å²) in [7, 11) is 1.86. The number of furan rings is 1. The van der Waals surface area contributed by atoms with Crippen molar-refractivity contribution in [3.8, 4) is 10.8 Å². The summed E-state index contributed by atoms with van der Waals surface area (Å²) >= 11 is 1.44. The van der Waals surface area contributed by atoms with Gasteiger partial charge in [0, 0.05) is 18.5 Å². The van der Waals surface area contributed by atoms with Crippen LogP contribution in [0, 0.1) is 5.92 Å². The Morgan fingerprint density at radius 2 is 2.37 bits per heavy atom. The lowest BCUT2D eigenvalue weighted by Crippen LogP contribution is -2.36. The Bertz CT molecular complexity index is 572. The van der Waals surface area contributed by atoms with Gasteiger partial charge in [-0.25, -0.2) is 4.98 Å². The van der Waals surface area contributed by atoms with Gasteiger partial charge in [-0.1, -0.05) is 0 Å². The van der Waals surface area contributed by atoms with Crippen molar-refractivity contribution in [2.24, 2.45) is 5.92 Å². The van der Waals surface area contributed by atoms with Crippen LogP contribution in [0.1, 0.15) is 30.3 Å². The van der Waals surface area contributed by atoms with Crippen LogP contribution in [0.4, 0.5) is 0 Å². The average molecular weight is 276 g/mol. The SMILES string of the molecule is CC(C1CC1)N(C)C(=O)c1csc(-c2ccco2)n1.